The van der Waals surface area contributed by atoms with Crippen molar-refractivity contribution in [1.29, 1.82) is 0 Å². The van der Waals surface area contributed by atoms with E-state index in [9.17, 15) is 9.90 Å². The Morgan fingerprint density at radius 2 is 2.31 bits per heavy atom. The summed E-state index contributed by atoms with van der Waals surface area (Å²) in [6, 6.07) is 4.94. The number of phenolic OH excluding ortho intramolecular Hbond substituents is 1. The number of esters is 1. The predicted molar refractivity (Wildman–Crippen MR) is 57.5 cm³/mol. The number of carbonyl (C=O) groups is 1. The van der Waals surface area contributed by atoms with Gasteiger partial charge in [0.15, 0.2) is 0 Å². The van der Waals surface area contributed by atoms with Gasteiger partial charge in [0.05, 0.1) is 7.11 Å². The SMILES string of the molecule is COC(=O)[C@]1(C)CCc2ccc(O)cc2O1. The molecule has 16 heavy (non-hydrogen) atoms. The van der Waals surface area contributed by atoms with E-state index in [2.05, 4.69) is 0 Å². The van der Waals surface area contributed by atoms with Crippen LogP contribution in [0.3, 0.4) is 0 Å². The summed E-state index contributed by atoms with van der Waals surface area (Å²) in [6.07, 6.45) is 1.32. The molecule has 0 amide bonds. The second-order valence-corrected chi connectivity index (χ2v) is 4.12. The first-order chi connectivity index (χ1) is 7.55. The number of methoxy groups -OCH3 is 1. The maximum absolute atomic E-state index is 11.6. The summed E-state index contributed by atoms with van der Waals surface area (Å²) >= 11 is 0. The van der Waals surface area contributed by atoms with Gasteiger partial charge in [0, 0.05) is 12.5 Å². The molecule has 4 nitrogen and oxygen atoms in total. The Labute approximate surface area is 93.8 Å². The van der Waals surface area contributed by atoms with E-state index in [1.54, 1.807) is 13.0 Å². The van der Waals surface area contributed by atoms with Gasteiger partial charge in [0.2, 0.25) is 5.60 Å². The van der Waals surface area contributed by atoms with Crippen molar-refractivity contribution >= 4 is 5.97 Å². The molecule has 1 N–H and O–H groups in total. The summed E-state index contributed by atoms with van der Waals surface area (Å²) in [5, 5.41) is 9.36. The van der Waals surface area contributed by atoms with Crippen LogP contribution in [0, 0.1) is 0 Å². The Kier molecular flexibility index (Phi) is 2.50. The van der Waals surface area contributed by atoms with Crippen molar-refractivity contribution in [2.75, 3.05) is 7.11 Å². The largest absolute Gasteiger partial charge is 0.508 e. The van der Waals surface area contributed by atoms with Gasteiger partial charge in [-0.3, -0.25) is 0 Å². The number of hydrogen-bond acceptors (Lipinski definition) is 4. The number of hydrogen-bond donors (Lipinski definition) is 1. The molecule has 2 rings (SSSR count). The topological polar surface area (TPSA) is 55.8 Å². The van der Waals surface area contributed by atoms with Crippen LogP contribution in [-0.2, 0) is 16.0 Å². The third kappa shape index (κ3) is 1.71. The fraction of sp³-hybridized carbons (Fsp3) is 0.417. The molecule has 86 valence electrons. The molecule has 0 fully saturated rings. The second-order valence-electron chi connectivity index (χ2n) is 4.12. The molecular formula is C12H14O4. The first-order valence-electron chi connectivity index (χ1n) is 5.14. The zero-order chi connectivity index (χ0) is 11.8. The average molecular weight is 222 g/mol. The number of ether oxygens (including phenoxy) is 2. The van der Waals surface area contributed by atoms with Crippen LogP contribution in [0.15, 0.2) is 18.2 Å². The lowest BCUT2D eigenvalue weighted by molar-refractivity contribution is -0.159. The monoisotopic (exact) mass is 222 g/mol. The summed E-state index contributed by atoms with van der Waals surface area (Å²) in [4.78, 5) is 11.6. The molecule has 0 radical (unpaired) electrons. The van der Waals surface area contributed by atoms with Crippen LogP contribution in [0.2, 0.25) is 0 Å². The number of rotatable bonds is 1. The van der Waals surface area contributed by atoms with E-state index in [0.717, 1.165) is 12.0 Å². The average Bonchev–Trinajstić information content (AvgIpc) is 2.27. The van der Waals surface area contributed by atoms with Gasteiger partial charge in [0.25, 0.3) is 0 Å². The molecule has 0 saturated carbocycles. The van der Waals surface area contributed by atoms with Gasteiger partial charge in [-0.2, -0.15) is 0 Å². The van der Waals surface area contributed by atoms with Crippen LogP contribution in [0.25, 0.3) is 0 Å². The van der Waals surface area contributed by atoms with Crippen molar-refractivity contribution in [2.24, 2.45) is 0 Å². The van der Waals surface area contributed by atoms with Crippen molar-refractivity contribution in [3.63, 3.8) is 0 Å². The van der Waals surface area contributed by atoms with Crippen LogP contribution in [0.1, 0.15) is 18.9 Å². The summed E-state index contributed by atoms with van der Waals surface area (Å²) in [5.74, 6) is 0.300. The minimum Gasteiger partial charge on any atom is -0.508 e. The van der Waals surface area contributed by atoms with E-state index in [1.807, 2.05) is 6.07 Å². The summed E-state index contributed by atoms with van der Waals surface area (Å²) in [5.41, 5.74) is 0.0504. The van der Waals surface area contributed by atoms with Gasteiger partial charge in [-0.05, 0) is 25.0 Å². The fourth-order valence-corrected chi connectivity index (χ4v) is 1.87. The molecule has 0 unspecified atom stereocenters. The van der Waals surface area contributed by atoms with E-state index < -0.39 is 5.60 Å². The quantitative estimate of drug-likeness (QED) is 0.734. The minimum atomic E-state index is -0.949. The third-order valence-electron chi connectivity index (χ3n) is 2.87. The molecule has 1 aliphatic rings. The first-order valence-corrected chi connectivity index (χ1v) is 5.14. The maximum atomic E-state index is 11.6. The van der Waals surface area contributed by atoms with Crippen molar-refractivity contribution in [2.45, 2.75) is 25.4 Å². The van der Waals surface area contributed by atoms with Crippen LogP contribution in [0.5, 0.6) is 11.5 Å². The molecule has 4 heteroatoms. The highest BCUT2D eigenvalue weighted by Gasteiger charge is 2.40. The van der Waals surface area contributed by atoms with Gasteiger partial charge in [0.1, 0.15) is 11.5 Å². The third-order valence-corrected chi connectivity index (χ3v) is 2.87. The molecule has 1 heterocycles. The number of benzene rings is 1. The van der Waals surface area contributed by atoms with Gasteiger partial charge >= 0.3 is 5.97 Å². The zero-order valence-electron chi connectivity index (χ0n) is 9.32. The maximum Gasteiger partial charge on any atom is 0.349 e. The van der Waals surface area contributed by atoms with E-state index in [4.69, 9.17) is 9.47 Å². The van der Waals surface area contributed by atoms with Crippen LogP contribution in [-0.4, -0.2) is 23.8 Å². The van der Waals surface area contributed by atoms with Crippen molar-refractivity contribution in [3.8, 4) is 11.5 Å². The van der Waals surface area contributed by atoms with E-state index in [0.29, 0.717) is 12.2 Å². The Morgan fingerprint density at radius 1 is 1.56 bits per heavy atom. The second kappa shape index (κ2) is 3.70. The van der Waals surface area contributed by atoms with E-state index in [-0.39, 0.29) is 11.7 Å². The van der Waals surface area contributed by atoms with Crippen LogP contribution in [0.4, 0.5) is 0 Å². The lowest BCUT2D eigenvalue weighted by atomic mass is 9.92. The molecule has 0 bridgehead atoms. The molecule has 0 spiro atoms. The summed E-state index contributed by atoms with van der Waals surface area (Å²) < 4.78 is 10.3. The molecule has 0 saturated heterocycles. The Bertz CT molecular complexity index is 427. The fourth-order valence-electron chi connectivity index (χ4n) is 1.87. The molecule has 1 aromatic carbocycles. The number of carbonyl (C=O) groups excluding carboxylic acids is 1. The molecule has 1 aromatic rings. The Morgan fingerprint density at radius 3 is 3.00 bits per heavy atom. The molecular weight excluding hydrogens is 208 g/mol. The molecule has 0 aliphatic carbocycles. The van der Waals surface area contributed by atoms with Crippen molar-refractivity contribution in [1.82, 2.24) is 0 Å². The van der Waals surface area contributed by atoms with Crippen molar-refractivity contribution < 1.29 is 19.4 Å². The number of fused-ring (bicyclic) bond motifs is 1. The lowest BCUT2D eigenvalue weighted by Gasteiger charge is -2.33. The van der Waals surface area contributed by atoms with Crippen LogP contribution >= 0.6 is 0 Å². The summed E-state index contributed by atoms with van der Waals surface area (Å²) in [7, 11) is 1.34. The van der Waals surface area contributed by atoms with Crippen LogP contribution < -0.4 is 4.74 Å². The molecule has 1 aliphatic heterocycles. The Hall–Kier alpha value is -1.71. The highest BCUT2D eigenvalue weighted by Crippen LogP contribution is 2.35. The number of aromatic hydroxyl groups is 1. The molecule has 0 aromatic heterocycles. The summed E-state index contributed by atoms with van der Waals surface area (Å²) in [6.45, 7) is 1.70. The standard InChI is InChI=1S/C12H14O4/c1-12(11(14)15-2)6-5-8-3-4-9(13)7-10(8)16-12/h3-4,7,13H,5-6H2,1-2H3/t12-/m0/s1. The minimum absolute atomic E-state index is 0.132. The van der Waals surface area contributed by atoms with Gasteiger partial charge in [-0.25, -0.2) is 4.79 Å². The highest BCUT2D eigenvalue weighted by molar-refractivity contribution is 5.80. The van der Waals surface area contributed by atoms with E-state index in [1.165, 1.54) is 13.2 Å². The zero-order valence-corrected chi connectivity index (χ0v) is 9.32. The normalized spacial score (nSPS) is 23.1. The van der Waals surface area contributed by atoms with Gasteiger partial charge in [-0.15, -0.1) is 0 Å². The first kappa shape index (κ1) is 10.8. The lowest BCUT2D eigenvalue weighted by Crippen LogP contribution is -2.45. The molecule has 1 atom stereocenters. The number of phenols is 1. The smallest absolute Gasteiger partial charge is 0.349 e. The Balaban J connectivity index is 2.32. The van der Waals surface area contributed by atoms with Gasteiger partial charge < -0.3 is 14.6 Å². The highest BCUT2D eigenvalue weighted by atomic mass is 16.6. The number of aryl methyl sites for hydroxylation is 1. The van der Waals surface area contributed by atoms with Gasteiger partial charge in [-0.1, -0.05) is 6.07 Å². The van der Waals surface area contributed by atoms with E-state index >= 15 is 0 Å². The predicted octanol–water partition coefficient (Wildman–Crippen LogP) is 1.65. The van der Waals surface area contributed by atoms with Crippen molar-refractivity contribution in [3.05, 3.63) is 23.8 Å².